The van der Waals surface area contributed by atoms with E-state index in [1.54, 1.807) is 26.0 Å². The number of fused-ring (bicyclic) bond motifs is 1. The number of alkyl halides is 6. The number of aryl methyl sites for hydroxylation is 1. The number of nitrogens with two attached hydrogens (primary N) is 1. The number of hydrogen-bond acceptors (Lipinski definition) is 6. The number of hydrogen-bond donors (Lipinski definition) is 3. The van der Waals surface area contributed by atoms with E-state index in [9.17, 15) is 41.0 Å². The number of rotatable bonds is 10. The number of nitrogens with zero attached hydrogens (tertiary/aromatic N) is 1. The van der Waals surface area contributed by atoms with Crippen molar-refractivity contribution in [3.8, 4) is 11.5 Å². The summed E-state index contributed by atoms with van der Waals surface area (Å²) >= 11 is 0. The van der Waals surface area contributed by atoms with Gasteiger partial charge in [-0.1, -0.05) is 38.1 Å². The molecule has 0 aromatic heterocycles. The molecule has 0 aliphatic carbocycles. The van der Waals surface area contributed by atoms with Crippen LogP contribution in [0.4, 0.5) is 31.1 Å². The van der Waals surface area contributed by atoms with Gasteiger partial charge in [-0.2, -0.15) is 26.3 Å². The van der Waals surface area contributed by atoms with Gasteiger partial charge in [-0.3, -0.25) is 9.69 Å². The summed E-state index contributed by atoms with van der Waals surface area (Å²) in [4.78, 5) is 27.4. The standard InChI is InChI=1S/C32H33F6N3O5/c1-5-6-20-15-23(30(44,31(33,34)35)32(36,37)38)9-10-25(20)46-24(11-12-39)13-18(2)17-41-27(42)29(4,40-28(41)43)22-8-7-21-14-19(3)45-26(21)16-22/h7-13,15-16,19,44H,2,5-6,14,17,39H2,1,3-4H3,(H,40,43)/b12-11-,24-13+. The smallest absolute Gasteiger partial charge is 0.430 e. The van der Waals surface area contributed by atoms with Crippen molar-refractivity contribution in [2.24, 2.45) is 5.73 Å². The number of amides is 3. The molecule has 2 aliphatic rings. The quantitative estimate of drug-likeness (QED) is 0.125. The molecule has 0 saturated carbocycles. The van der Waals surface area contributed by atoms with Gasteiger partial charge < -0.3 is 25.6 Å². The highest BCUT2D eigenvalue weighted by atomic mass is 19.4. The Balaban J connectivity index is 1.58. The lowest BCUT2D eigenvalue weighted by Gasteiger charge is -2.33. The zero-order valence-electron chi connectivity index (χ0n) is 25.2. The van der Waals surface area contributed by atoms with Crippen LogP contribution >= 0.6 is 0 Å². The summed E-state index contributed by atoms with van der Waals surface area (Å²) in [5, 5.41) is 12.6. The van der Waals surface area contributed by atoms with E-state index in [4.69, 9.17) is 15.2 Å². The molecular formula is C32H33F6N3O5. The predicted octanol–water partition coefficient (Wildman–Crippen LogP) is 6.03. The minimum Gasteiger partial charge on any atom is -0.490 e. The number of nitrogens with one attached hydrogen (secondary N) is 1. The Hall–Kier alpha value is -4.46. The van der Waals surface area contributed by atoms with Crippen molar-refractivity contribution in [3.63, 3.8) is 0 Å². The number of carbonyl (C=O) groups excluding carboxylic acids is 2. The molecule has 1 saturated heterocycles. The van der Waals surface area contributed by atoms with E-state index in [1.165, 1.54) is 12.2 Å². The monoisotopic (exact) mass is 653 g/mol. The maximum Gasteiger partial charge on any atom is 0.430 e. The van der Waals surface area contributed by atoms with Gasteiger partial charge >= 0.3 is 18.4 Å². The predicted molar refractivity (Wildman–Crippen MR) is 155 cm³/mol. The number of imide groups is 1. The first kappa shape index (κ1) is 34.4. The van der Waals surface area contributed by atoms with E-state index in [2.05, 4.69) is 11.9 Å². The third-order valence-electron chi connectivity index (χ3n) is 7.77. The van der Waals surface area contributed by atoms with Gasteiger partial charge in [0.05, 0.1) is 6.54 Å². The van der Waals surface area contributed by atoms with Gasteiger partial charge in [-0.05, 0) is 79.1 Å². The number of halogens is 6. The molecule has 2 unspecified atom stereocenters. The van der Waals surface area contributed by atoms with Gasteiger partial charge in [0.15, 0.2) is 0 Å². The van der Waals surface area contributed by atoms with Crippen molar-refractivity contribution in [2.75, 3.05) is 6.54 Å². The Labute approximate surface area is 261 Å². The molecule has 14 heteroatoms. The van der Waals surface area contributed by atoms with Crippen molar-refractivity contribution < 1.29 is 50.5 Å². The topological polar surface area (TPSA) is 114 Å². The Kier molecular flexibility index (Phi) is 9.26. The molecule has 2 aromatic rings. The molecule has 3 amide bonds. The molecule has 0 radical (unpaired) electrons. The van der Waals surface area contributed by atoms with E-state index in [-0.39, 0.29) is 41.7 Å². The number of ether oxygens (including phenoxy) is 2. The summed E-state index contributed by atoms with van der Waals surface area (Å²) in [5.74, 6) is -0.0757. The van der Waals surface area contributed by atoms with Crippen LogP contribution < -0.4 is 20.5 Å². The molecule has 2 aliphatic heterocycles. The molecule has 4 rings (SSSR count). The Morgan fingerprint density at radius 3 is 2.46 bits per heavy atom. The van der Waals surface area contributed by atoms with Crippen LogP contribution in [-0.4, -0.2) is 46.9 Å². The highest BCUT2D eigenvalue weighted by Gasteiger charge is 2.71. The average molecular weight is 654 g/mol. The summed E-state index contributed by atoms with van der Waals surface area (Å²) in [6.07, 6.45) is -7.45. The zero-order valence-corrected chi connectivity index (χ0v) is 25.2. The second-order valence-electron chi connectivity index (χ2n) is 11.3. The van der Waals surface area contributed by atoms with Gasteiger partial charge in [0.25, 0.3) is 11.5 Å². The maximum absolute atomic E-state index is 13.5. The first-order chi connectivity index (χ1) is 21.3. The number of carbonyl (C=O) groups is 2. The second kappa shape index (κ2) is 12.4. The highest BCUT2D eigenvalue weighted by molar-refractivity contribution is 6.07. The lowest BCUT2D eigenvalue weighted by molar-refractivity contribution is -0.376. The Bertz CT molecular complexity index is 1590. The number of allylic oxidation sites excluding steroid dienone is 1. The van der Waals surface area contributed by atoms with Crippen molar-refractivity contribution >= 4 is 11.9 Å². The minimum absolute atomic E-state index is 0.00319. The maximum atomic E-state index is 13.5. The van der Waals surface area contributed by atoms with Gasteiger partial charge in [0.1, 0.15) is 28.9 Å². The summed E-state index contributed by atoms with van der Waals surface area (Å²) < 4.78 is 92.5. The normalized spacial score (nSPS) is 20.6. The molecule has 46 heavy (non-hydrogen) atoms. The fraction of sp³-hybridized carbons (Fsp3) is 0.375. The lowest BCUT2D eigenvalue weighted by Crippen LogP contribution is -2.53. The lowest BCUT2D eigenvalue weighted by atomic mass is 9.90. The number of urea groups is 1. The van der Waals surface area contributed by atoms with Crippen LogP contribution in [0.3, 0.4) is 0 Å². The molecule has 2 atom stereocenters. The number of aliphatic hydroxyl groups is 1. The van der Waals surface area contributed by atoms with E-state index in [0.29, 0.717) is 29.9 Å². The fourth-order valence-corrected chi connectivity index (χ4v) is 5.39. The molecular weight excluding hydrogens is 620 g/mol. The van der Waals surface area contributed by atoms with Gasteiger partial charge in [-0.15, -0.1) is 0 Å². The average Bonchev–Trinajstić information content (AvgIpc) is 3.43. The van der Waals surface area contributed by atoms with Crippen molar-refractivity contribution in [2.45, 2.75) is 69.6 Å². The number of benzene rings is 2. The van der Waals surface area contributed by atoms with Crippen LogP contribution in [0, 0.1) is 0 Å². The molecule has 1 fully saturated rings. The minimum atomic E-state index is -6.05. The molecule has 248 valence electrons. The third-order valence-corrected chi connectivity index (χ3v) is 7.77. The Morgan fingerprint density at radius 2 is 1.85 bits per heavy atom. The van der Waals surface area contributed by atoms with Crippen LogP contribution in [0.2, 0.25) is 0 Å². The van der Waals surface area contributed by atoms with Crippen LogP contribution in [0.5, 0.6) is 11.5 Å². The summed E-state index contributed by atoms with van der Waals surface area (Å²) in [6, 6.07) is 6.58. The van der Waals surface area contributed by atoms with Crippen LogP contribution in [0.1, 0.15) is 49.4 Å². The molecule has 4 N–H and O–H groups in total. The van der Waals surface area contributed by atoms with Crippen molar-refractivity contribution in [1.82, 2.24) is 10.2 Å². The fourth-order valence-electron chi connectivity index (χ4n) is 5.39. The van der Waals surface area contributed by atoms with Gasteiger partial charge in [0, 0.05) is 12.0 Å². The SMILES string of the molecule is C=C(/C=C(\C=C/N)Oc1ccc(C(O)(C(F)(F)F)C(F)(F)F)cc1CCC)CN1C(=O)NC(C)(c2ccc3c(c2)OC(C)C3)C1=O. The first-order valence-corrected chi connectivity index (χ1v) is 14.2. The molecule has 2 heterocycles. The summed E-state index contributed by atoms with van der Waals surface area (Å²) in [6.45, 7) is 8.73. The molecule has 8 nitrogen and oxygen atoms in total. The van der Waals surface area contributed by atoms with E-state index in [1.807, 2.05) is 13.0 Å². The zero-order chi connectivity index (χ0) is 34.2. The van der Waals surface area contributed by atoms with Gasteiger partial charge in [0.2, 0.25) is 0 Å². The summed E-state index contributed by atoms with van der Waals surface area (Å²) in [5.41, 5.74) is -0.740. The largest absolute Gasteiger partial charge is 0.490 e. The molecule has 2 aromatic carbocycles. The highest BCUT2D eigenvalue weighted by Crippen LogP contribution is 2.50. The van der Waals surface area contributed by atoms with Crippen LogP contribution in [0.15, 0.2) is 72.7 Å². The van der Waals surface area contributed by atoms with E-state index >= 15 is 0 Å². The third kappa shape index (κ3) is 6.30. The van der Waals surface area contributed by atoms with Crippen molar-refractivity contribution in [1.29, 1.82) is 0 Å². The van der Waals surface area contributed by atoms with Gasteiger partial charge in [-0.25, -0.2) is 4.79 Å². The van der Waals surface area contributed by atoms with E-state index in [0.717, 1.165) is 29.2 Å². The second-order valence-corrected chi connectivity index (χ2v) is 11.3. The van der Waals surface area contributed by atoms with Crippen LogP contribution in [-0.2, 0) is 28.8 Å². The Morgan fingerprint density at radius 1 is 1.17 bits per heavy atom. The summed E-state index contributed by atoms with van der Waals surface area (Å²) in [7, 11) is 0. The first-order valence-electron chi connectivity index (χ1n) is 14.2. The molecule has 0 bridgehead atoms. The van der Waals surface area contributed by atoms with Crippen molar-refractivity contribution in [3.05, 3.63) is 94.9 Å². The van der Waals surface area contributed by atoms with E-state index < -0.39 is 41.0 Å². The molecule has 0 spiro atoms. The van der Waals surface area contributed by atoms with Crippen LogP contribution in [0.25, 0.3) is 0 Å².